The summed E-state index contributed by atoms with van der Waals surface area (Å²) in [5.74, 6) is -0.791. The molecule has 0 aromatic heterocycles. The summed E-state index contributed by atoms with van der Waals surface area (Å²) >= 11 is 5.71. The van der Waals surface area contributed by atoms with Gasteiger partial charge in [0.1, 0.15) is 0 Å². The van der Waals surface area contributed by atoms with Crippen LogP contribution in [0, 0.1) is 0 Å². The molecule has 0 heterocycles. The molecule has 0 atom stereocenters. The van der Waals surface area contributed by atoms with E-state index in [-0.39, 0.29) is 23.6 Å². The molecule has 0 spiro atoms. The minimum absolute atomic E-state index is 0.0875. The second kappa shape index (κ2) is 8.75. The average Bonchev–Trinajstić information content (AvgIpc) is 2.60. The zero-order valence-electron chi connectivity index (χ0n) is 14.1. The number of sulfone groups is 1. The highest BCUT2D eigenvalue weighted by molar-refractivity contribution is 7.91. The topological polar surface area (TPSA) is 63.2 Å². The van der Waals surface area contributed by atoms with E-state index in [1.165, 1.54) is 36.4 Å². The average molecular weight is 420 g/mol. The first-order valence-corrected chi connectivity index (χ1v) is 10.0. The van der Waals surface area contributed by atoms with Crippen LogP contribution in [0.5, 0.6) is 0 Å². The lowest BCUT2D eigenvalue weighted by Crippen LogP contribution is -2.27. The molecule has 0 aliphatic carbocycles. The number of hydrogen-bond donors (Lipinski definition) is 1. The molecule has 1 amide bonds. The number of benzene rings is 2. The number of alkyl halides is 3. The highest BCUT2D eigenvalue weighted by atomic mass is 35.5. The number of rotatable bonds is 7. The Hall–Kier alpha value is -2.06. The molecule has 0 saturated carbocycles. The molecular formula is C18H17ClF3NO3S. The first kappa shape index (κ1) is 21.2. The zero-order chi connectivity index (χ0) is 20.1. The third kappa shape index (κ3) is 6.55. The van der Waals surface area contributed by atoms with Crippen molar-refractivity contribution in [2.24, 2.45) is 0 Å². The van der Waals surface area contributed by atoms with Crippen LogP contribution in [0.25, 0.3) is 0 Å². The summed E-state index contributed by atoms with van der Waals surface area (Å²) in [7, 11) is -3.59. The maximum absolute atomic E-state index is 12.5. The van der Waals surface area contributed by atoms with Gasteiger partial charge >= 0.3 is 6.18 Å². The Bertz CT molecular complexity index is 880. The third-order valence-electron chi connectivity index (χ3n) is 3.79. The normalized spacial score (nSPS) is 12.0. The first-order valence-electron chi connectivity index (χ1n) is 7.99. The largest absolute Gasteiger partial charge is 0.416 e. The second-order valence-corrected chi connectivity index (χ2v) is 8.36. The summed E-state index contributed by atoms with van der Waals surface area (Å²) in [6, 6.07) is 10.3. The number of nitrogens with one attached hydrogen (secondary N) is 1. The minimum Gasteiger partial charge on any atom is -0.356 e. The molecule has 1 N–H and O–H groups in total. The first-order chi connectivity index (χ1) is 12.6. The summed E-state index contributed by atoms with van der Waals surface area (Å²) < 4.78 is 61.7. The number of halogens is 4. The van der Waals surface area contributed by atoms with Gasteiger partial charge in [-0.25, -0.2) is 8.42 Å². The van der Waals surface area contributed by atoms with E-state index in [0.717, 1.165) is 12.1 Å². The van der Waals surface area contributed by atoms with Gasteiger partial charge in [0.2, 0.25) is 5.91 Å². The maximum Gasteiger partial charge on any atom is 0.416 e. The highest BCUT2D eigenvalue weighted by Gasteiger charge is 2.29. The Kier molecular flexibility index (Phi) is 6.89. The minimum atomic E-state index is -4.39. The van der Waals surface area contributed by atoms with Crippen molar-refractivity contribution in [2.45, 2.75) is 23.9 Å². The standard InChI is InChI=1S/C18H17ClF3NO3S/c19-15-5-7-16(8-6-15)27(25,26)12-10-17(24)23-11-9-13-1-3-14(4-2-13)18(20,21)22/h1-8H,9-12H2,(H,23,24). The van der Waals surface area contributed by atoms with Crippen LogP contribution in [0.1, 0.15) is 17.5 Å². The summed E-state index contributed by atoms with van der Waals surface area (Å²) in [4.78, 5) is 11.9. The van der Waals surface area contributed by atoms with Crippen LogP contribution in [0.15, 0.2) is 53.4 Å². The molecular weight excluding hydrogens is 403 g/mol. The van der Waals surface area contributed by atoms with Crippen molar-refractivity contribution in [1.29, 1.82) is 0 Å². The molecule has 0 unspecified atom stereocenters. The Labute approximate surface area is 160 Å². The Morgan fingerprint density at radius 2 is 1.59 bits per heavy atom. The van der Waals surface area contributed by atoms with E-state index in [0.29, 0.717) is 17.0 Å². The summed E-state index contributed by atoms with van der Waals surface area (Å²) in [5, 5.41) is 2.97. The van der Waals surface area contributed by atoms with Crippen molar-refractivity contribution in [3.05, 3.63) is 64.7 Å². The van der Waals surface area contributed by atoms with Crippen LogP contribution in [-0.2, 0) is 27.2 Å². The Morgan fingerprint density at radius 3 is 2.15 bits per heavy atom. The van der Waals surface area contributed by atoms with Gasteiger partial charge in [0.05, 0.1) is 16.2 Å². The fourth-order valence-electron chi connectivity index (χ4n) is 2.28. The van der Waals surface area contributed by atoms with E-state index in [4.69, 9.17) is 11.6 Å². The number of carbonyl (C=O) groups is 1. The molecule has 2 rings (SSSR count). The van der Waals surface area contributed by atoms with Crippen molar-refractivity contribution in [1.82, 2.24) is 5.32 Å². The Morgan fingerprint density at radius 1 is 1.00 bits per heavy atom. The number of amides is 1. The molecule has 146 valence electrons. The molecule has 4 nitrogen and oxygen atoms in total. The van der Waals surface area contributed by atoms with Gasteiger partial charge in [-0.1, -0.05) is 23.7 Å². The molecule has 0 aliphatic heterocycles. The van der Waals surface area contributed by atoms with E-state index in [1.54, 1.807) is 0 Å². The van der Waals surface area contributed by atoms with E-state index in [1.807, 2.05) is 0 Å². The van der Waals surface area contributed by atoms with Crippen LogP contribution < -0.4 is 5.32 Å². The van der Waals surface area contributed by atoms with E-state index >= 15 is 0 Å². The summed E-state index contributed by atoms with van der Waals surface area (Å²) in [5.41, 5.74) is -0.0974. The maximum atomic E-state index is 12.5. The van der Waals surface area contributed by atoms with Crippen LogP contribution in [-0.4, -0.2) is 26.6 Å². The van der Waals surface area contributed by atoms with Crippen LogP contribution in [0.2, 0.25) is 5.02 Å². The lowest BCUT2D eigenvalue weighted by Gasteiger charge is -2.09. The smallest absolute Gasteiger partial charge is 0.356 e. The second-order valence-electron chi connectivity index (χ2n) is 5.82. The van der Waals surface area contributed by atoms with E-state index in [9.17, 15) is 26.4 Å². The predicted octanol–water partition coefficient (Wildman–Crippen LogP) is 3.88. The number of carbonyl (C=O) groups excluding carboxylic acids is 1. The summed E-state index contributed by atoms with van der Waals surface area (Å²) in [6.07, 6.45) is -4.26. The van der Waals surface area contributed by atoms with Gasteiger partial charge in [0.25, 0.3) is 0 Å². The fraction of sp³-hybridized carbons (Fsp3) is 0.278. The van der Waals surface area contributed by atoms with Gasteiger partial charge in [-0.2, -0.15) is 13.2 Å². The van der Waals surface area contributed by atoms with Gasteiger partial charge in [-0.3, -0.25) is 4.79 Å². The summed E-state index contributed by atoms with van der Waals surface area (Å²) in [6.45, 7) is 0.200. The zero-order valence-corrected chi connectivity index (χ0v) is 15.7. The lowest BCUT2D eigenvalue weighted by molar-refractivity contribution is -0.137. The van der Waals surface area contributed by atoms with Crippen molar-refractivity contribution >= 4 is 27.3 Å². The molecule has 0 radical (unpaired) electrons. The predicted molar refractivity (Wildman–Crippen MR) is 96.3 cm³/mol. The van der Waals surface area contributed by atoms with Gasteiger partial charge < -0.3 is 5.32 Å². The van der Waals surface area contributed by atoms with Gasteiger partial charge in [0.15, 0.2) is 9.84 Å². The van der Waals surface area contributed by atoms with E-state index in [2.05, 4.69) is 5.32 Å². The van der Waals surface area contributed by atoms with Crippen LogP contribution in [0.3, 0.4) is 0 Å². The highest BCUT2D eigenvalue weighted by Crippen LogP contribution is 2.29. The van der Waals surface area contributed by atoms with E-state index < -0.39 is 27.5 Å². The lowest BCUT2D eigenvalue weighted by atomic mass is 10.1. The van der Waals surface area contributed by atoms with Crippen molar-refractivity contribution in [2.75, 3.05) is 12.3 Å². The van der Waals surface area contributed by atoms with Crippen molar-refractivity contribution in [3.8, 4) is 0 Å². The van der Waals surface area contributed by atoms with Gasteiger partial charge in [-0.05, 0) is 48.4 Å². The van der Waals surface area contributed by atoms with Gasteiger partial charge in [0, 0.05) is 18.0 Å². The van der Waals surface area contributed by atoms with Gasteiger partial charge in [-0.15, -0.1) is 0 Å². The SMILES string of the molecule is O=C(CCS(=O)(=O)c1ccc(Cl)cc1)NCCc1ccc(C(F)(F)F)cc1. The van der Waals surface area contributed by atoms with Crippen LogP contribution in [0.4, 0.5) is 13.2 Å². The molecule has 2 aromatic carbocycles. The molecule has 27 heavy (non-hydrogen) atoms. The fourth-order valence-corrected chi connectivity index (χ4v) is 3.65. The van der Waals surface area contributed by atoms with Crippen LogP contribution >= 0.6 is 11.6 Å². The molecule has 0 fully saturated rings. The molecule has 0 bridgehead atoms. The number of hydrogen-bond acceptors (Lipinski definition) is 3. The Balaban J connectivity index is 1.78. The monoisotopic (exact) mass is 419 g/mol. The molecule has 0 aliphatic rings. The molecule has 0 saturated heterocycles. The molecule has 2 aromatic rings. The van der Waals surface area contributed by atoms with Crippen molar-refractivity contribution in [3.63, 3.8) is 0 Å². The van der Waals surface area contributed by atoms with Crippen molar-refractivity contribution < 1.29 is 26.4 Å². The quantitative estimate of drug-likeness (QED) is 0.740. The molecule has 9 heteroatoms. The third-order valence-corrected chi connectivity index (χ3v) is 5.77.